The Morgan fingerprint density at radius 2 is 1.36 bits per heavy atom. The van der Waals surface area contributed by atoms with Crippen LogP contribution in [0.15, 0.2) is 0 Å². The van der Waals surface area contributed by atoms with Gasteiger partial charge in [-0.25, -0.2) is 0 Å². The lowest BCUT2D eigenvalue weighted by molar-refractivity contribution is 0.0411. The summed E-state index contributed by atoms with van der Waals surface area (Å²) in [5.74, 6) is 0.867. The number of aliphatic hydroxyl groups is 1. The maximum absolute atomic E-state index is 9.51. The van der Waals surface area contributed by atoms with E-state index >= 15 is 0 Å². The fraction of sp³-hybridized carbons (Fsp3) is 1.00. The molecule has 0 heterocycles. The summed E-state index contributed by atoms with van der Waals surface area (Å²) in [7, 11) is 0. The highest BCUT2D eigenvalue weighted by molar-refractivity contribution is 4.86. The normalized spacial score (nSPS) is 29.1. The van der Waals surface area contributed by atoms with Gasteiger partial charge >= 0.3 is 0 Å². The SMILES string of the molecule is CCC(CC)(CC)C1CCC(O)CC1. The molecule has 0 aromatic carbocycles. The molecule has 1 saturated carbocycles. The van der Waals surface area contributed by atoms with Crippen molar-refractivity contribution in [2.24, 2.45) is 11.3 Å². The van der Waals surface area contributed by atoms with Crippen LogP contribution < -0.4 is 0 Å². The molecule has 1 aliphatic carbocycles. The smallest absolute Gasteiger partial charge is 0.0540 e. The molecule has 0 aromatic heterocycles. The van der Waals surface area contributed by atoms with Gasteiger partial charge in [0.2, 0.25) is 0 Å². The predicted molar refractivity (Wildman–Crippen MR) is 61.3 cm³/mol. The van der Waals surface area contributed by atoms with Crippen LogP contribution in [0.3, 0.4) is 0 Å². The van der Waals surface area contributed by atoms with Crippen LogP contribution in [0.25, 0.3) is 0 Å². The van der Waals surface area contributed by atoms with Gasteiger partial charge in [0, 0.05) is 0 Å². The highest BCUT2D eigenvalue weighted by Gasteiger charge is 2.35. The van der Waals surface area contributed by atoms with E-state index in [9.17, 15) is 5.11 Å². The Kier molecular flexibility index (Phi) is 4.43. The van der Waals surface area contributed by atoms with Crippen LogP contribution in [0.1, 0.15) is 65.7 Å². The molecule has 0 amide bonds. The molecule has 1 heteroatoms. The summed E-state index contributed by atoms with van der Waals surface area (Å²) in [6.45, 7) is 6.99. The van der Waals surface area contributed by atoms with Gasteiger partial charge in [-0.15, -0.1) is 0 Å². The minimum Gasteiger partial charge on any atom is -0.393 e. The van der Waals surface area contributed by atoms with Crippen LogP contribution in [-0.2, 0) is 0 Å². The maximum Gasteiger partial charge on any atom is 0.0540 e. The molecule has 0 radical (unpaired) electrons. The Labute approximate surface area is 88.9 Å². The first-order chi connectivity index (χ1) is 6.68. The average Bonchev–Trinajstić information content (AvgIpc) is 2.24. The molecular weight excluding hydrogens is 172 g/mol. The average molecular weight is 198 g/mol. The zero-order valence-corrected chi connectivity index (χ0v) is 10.1. The fourth-order valence-corrected chi connectivity index (χ4v) is 3.30. The second-order valence-electron chi connectivity index (χ2n) is 4.93. The molecule has 1 nitrogen and oxygen atoms in total. The van der Waals surface area contributed by atoms with E-state index in [2.05, 4.69) is 20.8 Å². The molecule has 14 heavy (non-hydrogen) atoms. The zero-order valence-electron chi connectivity index (χ0n) is 10.1. The molecule has 0 aromatic rings. The number of hydrogen-bond acceptors (Lipinski definition) is 1. The van der Waals surface area contributed by atoms with Crippen molar-refractivity contribution in [2.75, 3.05) is 0 Å². The first-order valence-corrected chi connectivity index (χ1v) is 6.36. The third-order valence-corrected chi connectivity index (χ3v) is 4.68. The highest BCUT2D eigenvalue weighted by Crippen LogP contribution is 2.45. The van der Waals surface area contributed by atoms with Crippen molar-refractivity contribution in [2.45, 2.75) is 71.8 Å². The maximum atomic E-state index is 9.51. The molecule has 0 saturated heterocycles. The topological polar surface area (TPSA) is 20.2 Å². The van der Waals surface area contributed by atoms with Crippen LogP contribution in [0, 0.1) is 11.3 Å². The van der Waals surface area contributed by atoms with Crippen molar-refractivity contribution >= 4 is 0 Å². The van der Waals surface area contributed by atoms with Crippen LogP contribution >= 0.6 is 0 Å². The van der Waals surface area contributed by atoms with Gasteiger partial charge in [-0.3, -0.25) is 0 Å². The van der Waals surface area contributed by atoms with E-state index in [0.717, 1.165) is 18.8 Å². The highest BCUT2D eigenvalue weighted by atomic mass is 16.3. The third kappa shape index (κ3) is 2.31. The standard InChI is InChI=1S/C13H26O/c1-4-13(5-2,6-3)11-7-9-12(14)10-8-11/h11-12,14H,4-10H2,1-3H3. The number of aliphatic hydroxyl groups excluding tert-OH is 1. The zero-order chi connectivity index (χ0) is 10.6. The van der Waals surface area contributed by atoms with Gasteiger partial charge in [-0.2, -0.15) is 0 Å². The lowest BCUT2D eigenvalue weighted by Crippen LogP contribution is -2.33. The summed E-state index contributed by atoms with van der Waals surface area (Å²) >= 11 is 0. The largest absolute Gasteiger partial charge is 0.393 e. The third-order valence-electron chi connectivity index (χ3n) is 4.68. The van der Waals surface area contributed by atoms with Crippen molar-refractivity contribution in [1.82, 2.24) is 0 Å². The summed E-state index contributed by atoms with van der Waals surface area (Å²) in [6, 6.07) is 0. The predicted octanol–water partition coefficient (Wildman–Crippen LogP) is 3.75. The molecule has 1 rings (SSSR count). The van der Waals surface area contributed by atoms with Gasteiger partial charge < -0.3 is 5.11 Å². The second kappa shape index (κ2) is 5.16. The number of hydrogen-bond donors (Lipinski definition) is 1. The minimum absolute atomic E-state index is 0.00508. The van der Waals surface area contributed by atoms with Crippen molar-refractivity contribution in [3.8, 4) is 0 Å². The Hall–Kier alpha value is -0.0400. The van der Waals surface area contributed by atoms with E-state index in [1.54, 1.807) is 0 Å². The van der Waals surface area contributed by atoms with E-state index in [1.807, 2.05) is 0 Å². The van der Waals surface area contributed by atoms with E-state index in [1.165, 1.54) is 32.1 Å². The van der Waals surface area contributed by atoms with Gasteiger partial charge in [0.15, 0.2) is 0 Å². The summed E-state index contributed by atoms with van der Waals surface area (Å²) in [6.07, 6.45) is 8.48. The van der Waals surface area contributed by atoms with E-state index < -0.39 is 0 Å². The molecule has 0 bridgehead atoms. The van der Waals surface area contributed by atoms with Gasteiger partial charge in [-0.05, 0) is 37.0 Å². The molecular formula is C13H26O. The van der Waals surface area contributed by atoms with Gasteiger partial charge in [0.05, 0.1) is 6.10 Å². The molecule has 1 N–H and O–H groups in total. The van der Waals surface area contributed by atoms with Crippen molar-refractivity contribution < 1.29 is 5.11 Å². The Morgan fingerprint density at radius 1 is 0.929 bits per heavy atom. The van der Waals surface area contributed by atoms with Gasteiger partial charge in [0.25, 0.3) is 0 Å². The lowest BCUT2D eigenvalue weighted by atomic mass is 9.64. The van der Waals surface area contributed by atoms with Crippen LogP contribution in [0.5, 0.6) is 0 Å². The summed E-state index contributed by atoms with van der Waals surface area (Å²) < 4.78 is 0. The molecule has 1 aliphatic rings. The van der Waals surface area contributed by atoms with Crippen molar-refractivity contribution in [3.63, 3.8) is 0 Å². The lowest BCUT2D eigenvalue weighted by Gasteiger charge is -2.42. The first-order valence-electron chi connectivity index (χ1n) is 6.36. The summed E-state index contributed by atoms with van der Waals surface area (Å²) in [5, 5.41) is 9.51. The molecule has 0 aliphatic heterocycles. The number of rotatable bonds is 4. The van der Waals surface area contributed by atoms with Crippen LogP contribution in [0.4, 0.5) is 0 Å². The quantitative estimate of drug-likeness (QED) is 0.729. The molecule has 0 unspecified atom stereocenters. The van der Waals surface area contributed by atoms with Crippen molar-refractivity contribution in [1.29, 1.82) is 0 Å². The molecule has 0 spiro atoms. The van der Waals surface area contributed by atoms with Crippen molar-refractivity contribution in [3.05, 3.63) is 0 Å². The molecule has 0 atom stereocenters. The minimum atomic E-state index is -0.00508. The van der Waals surface area contributed by atoms with E-state index in [0.29, 0.717) is 5.41 Å². The van der Waals surface area contributed by atoms with Crippen LogP contribution in [-0.4, -0.2) is 11.2 Å². The Bertz CT molecular complexity index is 144. The van der Waals surface area contributed by atoms with Gasteiger partial charge in [0.1, 0.15) is 0 Å². The molecule has 1 fully saturated rings. The van der Waals surface area contributed by atoms with E-state index in [4.69, 9.17) is 0 Å². The van der Waals surface area contributed by atoms with Crippen LogP contribution in [0.2, 0.25) is 0 Å². The Balaban J connectivity index is 2.60. The monoisotopic (exact) mass is 198 g/mol. The Morgan fingerprint density at radius 3 is 1.71 bits per heavy atom. The molecule has 84 valence electrons. The van der Waals surface area contributed by atoms with E-state index in [-0.39, 0.29) is 6.10 Å². The fourth-order valence-electron chi connectivity index (χ4n) is 3.30. The summed E-state index contributed by atoms with van der Waals surface area (Å²) in [4.78, 5) is 0. The van der Waals surface area contributed by atoms with Gasteiger partial charge in [-0.1, -0.05) is 40.0 Å². The second-order valence-corrected chi connectivity index (χ2v) is 4.93. The summed E-state index contributed by atoms with van der Waals surface area (Å²) in [5.41, 5.74) is 0.570. The first kappa shape index (κ1) is 12.0.